The van der Waals surface area contributed by atoms with Gasteiger partial charge in [0.2, 0.25) is 0 Å². The van der Waals surface area contributed by atoms with Crippen molar-refractivity contribution in [2.24, 2.45) is 5.92 Å². The van der Waals surface area contributed by atoms with E-state index in [1.54, 1.807) is 12.1 Å². The van der Waals surface area contributed by atoms with E-state index in [0.29, 0.717) is 15.1 Å². The van der Waals surface area contributed by atoms with E-state index in [2.05, 4.69) is 22.8 Å². The van der Waals surface area contributed by atoms with Crippen LogP contribution in [-0.2, 0) is 0 Å². The number of carbonyl (C=O) groups excluding carboxylic acids is 1. The second-order valence-electron chi connectivity index (χ2n) is 5.55. The highest BCUT2D eigenvalue weighted by molar-refractivity contribution is 7.17. The Morgan fingerprint density at radius 3 is 2.55 bits per heavy atom. The average molecular weight is 335 g/mol. The van der Waals surface area contributed by atoms with Crippen LogP contribution in [0, 0.1) is 5.92 Å². The first kappa shape index (κ1) is 15.5. The number of halogens is 1. The van der Waals surface area contributed by atoms with Crippen molar-refractivity contribution in [3.63, 3.8) is 0 Å². The van der Waals surface area contributed by atoms with Crippen LogP contribution in [0.1, 0.15) is 34.1 Å². The second kappa shape index (κ2) is 7.27. The fraction of sp³-hybridized carbons (Fsp3) is 0.353. The van der Waals surface area contributed by atoms with Crippen molar-refractivity contribution in [1.29, 1.82) is 0 Å². The lowest BCUT2D eigenvalue weighted by Crippen LogP contribution is -2.38. The van der Waals surface area contributed by atoms with Gasteiger partial charge in [0.1, 0.15) is 0 Å². The first-order valence-corrected chi connectivity index (χ1v) is 8.75. The van der Waals surface area contributed by atoms with E-state index >= 15 is 0 Å². The minimum Gasteiger partial charge on any atom is -0.344 e. The second-order valence-corrected chi connectivity index (χ2v) is 7.27. The van der Waals surface area contributed by atoms with Crippen LogP contribution in [0.15, 0.2) is 42.5 Å². The Morgan fingerprint density at radius 2 is 1.91 bits per heavy atom. The SMILES string of the molecule is O=C(N[C@H](c1ccccc1)C1CCNCC1)c1ccc(Cl)s1. The molecule has 3 nitrogen and oxygen atoms in total. The van der Waals surface area contributed by atoms with Gasteiger partial charge in [-0.2, -0.15) is 0 Å². The van der Waals surface area contributed by atoms with Crippen molar-refractivity contribution in [1.82, 2.24) is 10.6 Å². The Hall–Kier alpha value is -1.36. The third-order valence-electron chi connectivity index (χ3n) is 4.10. The highest BCUT2D eigenvalue weighted by Crippen LogP contribution is 2.30. The van der Waals surface area contributed by atoms with Crippen molar-refractivity contribution in [3.8, 4) is 0 Å². The number of carbonyl (C=O) groups is 1. The molecule has 2 N–H and O–H groups in total. The Balaban J connectivity index is 1.80. The van der Waals surface area contributed by atoms with Crippen LogP contribution in [-0.4, -0.2) is 19.0 Å². The molecule has 0 aliphatic carbocycles. The first-order chi connectivity index (χ1) is 10.7. The van der Waals surface area contributed by atoms with Gasteiger partial charge in [-0.05, 0) is 49.5 Å². The van der Waals surface area contributed by atoms with Gasteiger partial charge in [-0.3, -0.25) is 4.79 Å². The molecule has 1 aromatic carbocycles. The summed E-state index contributed by atoms with van der Waals surface area (Å²) in [6, 6.07) is 13.8. The minimum absolute atomic E-state index is 0.0377. The normalized spacial score (nSPS) is 17.1. The predicted octanol–water partition coefficient (Wildman–Crippen LogP) is 3.87. The summed E-state index contributed by atoms with van der Waals surface area (Å²) in [4.78, 5) is 13.2. The van der Waals surface area contributed by atoms with Crippen molar-refractivity contribution in [3.05, 3.63) is 57.2 Å². The maximum Gasteiger partial charge on any atom is 0.261 e. The lowest BCUT2D eigenvalue weighted by molar-refractivity contribution is 0.0918. The van der Waals surface area contributed by atoms with Gasteiger partial charge in [-0.25, -0.2) is 0 Å². The third kappa shape index (κ3) is 3.69. The van der Waals surface area contributed by atoms with Gasteiger partial charge in [0.15, 0.2) is 0 Å². The van der Waals surface area contributed by atoms with E-state index in [1.165, 1.54) is 16.9 Å². The summed E-state index contributed by atoms with van der Waals surface area (Å²) in [5.41, 5.74) is 1.17. The molecule has 2 heterocycles. The molecule has 1 fully saturated rings. The van der Waals surface area contributed by atoms with Crippen molar-refractivity contribution in [2.75, 3.05) is 13.1 Å². The van der Waals surface area contributed by atoms with Gasteiger partial charge in [-0.1, -0.05) is 41.9 Å². The van der Waals surface area contributed by atoms with Crippen LogP contribution in [0.3, 0.4) is 0 Å². The molecule has 1 amide bonds. The molecular formula is C17H19ClN2OS. The first-order valence-electron chi connectivity index (χ1n) is 7.56. The Labute approximate surface area is 139 Å². The van der Waals surface area contributed by atoms with Crippen molar-refractivity contribution >= 4 is 28.8 Å². The Bertz CT molecular complexity index is 623. The number of rotatable bonds is 4. The summed E-state index contributed by atoms with van der Waals surface area (Å²) in [7, 11) is 0. The molecular weight excluding hydrogens is 316 g/mol. The van der Waals surface area contributed by atoms with Crippen LogP contribution in [0.25, 0.3) is 0 Å². The summed E-state index contributed by atoms with van der Waals surface area (Å²) < 4.78 is 0.642. The monoisotopic (exact) mass is 334 g/mol. The third-order valence-corrected chi connectivity index (χ3v) is 5.33. The quantitative estimate of drug-likeness (QED) is 0.891. The highest BCUT2D eigenvalue weighted by atomic mass is 35.5. The summed E-state index contributed by atoms with van der Waals surface area (Å²) in [5.74, 6) is 0.423. The summed E-state index contributed by atoms with van der Waals surface area (Å²) >= 11 is 7.26. The van der Waals surface area contributed by atoms with E-state index < -0.39 is 0 Å². The van der Waals surface area contributed by atoms with Gasteiger partial charge < -0.3 is 10.6 Å². The molecule has 1 saturated heterocycles. The van der Waals surface area contributed by atoms with Gasteiger partial charge in [0.05, 0.1) is 15.3 Å². The number of piperidine rings is 1. The molecule has 2 aromatic rings. The molecule has 5 heteroatoms. The van der Waals surface area contributed by atoms with E-state index in [4.69, 9.17) is 11.6 Å². The number of benzene rings is 1. The summed E-state index contributed by atoms with van der Waals surface area (Å²) in [5, 5.41) is 6.60. The Morgan fingerprint density at radius 1 is 1.18 bits per heavy atom. The van der Waals surface area contributed by atoms with E-state index in [0.717, 1.165) is 25.9 Å². The zero-order valence-corrected chi connectivity index (χ0v) is 13.8. The molecule has 0 radical (unpaired) electrons. The van der Waals surface area contributed by atoms with Crippen molar-refractivity contribution in [2.45, 2.75) is 18.9 Å². The van der Waals surface area contributed by atoms with Crippen LogP contribution in [0.5, 0.6) is 0 Å². The topological polar surface area (TPSA) is 41.1 Å². The maximum atomic E-state index is 12.5. The molecule has 1 atom stereocenters. The van der Waals surface area contributed by atoms with Crippen LogP contribution < -0.4 is 10.6 Å². The molecule has 0 spiro atoms. The molecule has 1 aliphatic heterocycles. The van der Waals surface area contributed by atoms with Crippen molar-refractivity contribution < 1.29 is 4.79 Å². The lowest BCUT2D eigenvalue weighted by Gasteiger charge is -2.31. The number of thiophene rings is 1. The van der Waals surface area contributed by atoms with E-state index in [1.807, 2.05) is 18.2 Å². The molecule has 22 heavy (non-hydrogen) atoms. The van der Waals surface area contributed by atoms with E-state index in [-0.39, 0.29) is 11.9 Å². The predicted molar refractivity (Wildman–Crippen MR) is 91.6 cm³/mol. The molecule has 1 aliphatic rings. The number of hydrogen-bond donors (Lipinski definition) is 2. The van der Waals surface area contributed by atoms with Gasteiger partial charge in [-0.15, -0.1) is 11.3 Å². The largest absolute Gasteiger partial charge is 0.344 e. The van der Waals surface area contributed by atoms with Gasteiger partial charge >= 0.3 is 0 Å². The number of nitrogens with one attached hydrogen (secondary N) is 2. The van der Waals surface area contributed by atoms with Gasteiger partial charge in [0, 0.05) is 0 Å². The molecule has 0 bridgehead atoms. The zero-order valence-electron chi connectivity index (χ0n) is 12.2. The lowest BCUT2D eigenvalue weighted by atomic mass is 9.86. The molecule has 3 rings (SSSR count). The summed E-state index contributed by atoms with van der Waals surface area (Å²) in [6.07, 6.45) is 2.15. The zero-order chi connectivity index (χ0) is 15.4. The fourth-order valence-corrected chi connectivity index (χ4v) is 3.91. The highest BCUT2D eigenvalue weighted by Gasteiger charge is 2.27. The molecule has 1 aromatic heterocycles. The van der Waals surface area contributed by atoms with Gasteiger partial charge in [0.25, 0.3) is 5.91 Å². The number of hydrogen-bond acceptors (Lipinski definition) is 3. The maximum absolute atomic E-state index is 12.5. The minimum atomic E-state index is -0.0377. The molecule has 0 saturated carbocycles. The smallest absolute Gasteiger partial charge is 0.261 e. The number of amides is 1. The average Bonchev–Trinajstić information content (AvgIpc) is 3.01. The summed E-state index contributed by atoms with van der Waals surface area (Å²) in [6.45, 7) is 2.02. The van der Waals surface area contributed by atoms with E-state index in [9.17, 15) is 4.79 Å². The fourth-order valence-electron chi connectivity index (χ4n) is 2.96. The van der Waals surface area contributed by atoms with Crippen LogP contribution in [0.4, 0.5) is 0 Å². The molecule has 116 valence electrons. The van der Waals surface area contributed by atoms with Crippen LogP contribution in [0.2, 0.25) is 4.34 Å². The Kier molecular flexibility index (Phi) is 5.13. The standard InChI is InChI=1S/C17H19ClN2OS/c18-15-7-6-14(22-15)17(21)20-16(12-4-2-1-3-5-12)13-8-10-19-11-9-13/h1-7,13,16,19H,8-11H2,(H,20,21)/t16-/m1/s1. The van der Waals surface area contributed by atoms with Crippen LogP contribution >= 0.6 is 22.9 Å². The molecule has 0 unspecified atom stereocenters.